The van der Waals surface area contributed by atoms with Crippen molar-refractivity contribution in [1.82, 2.24) is 4.98 Å². The molecule has 0 aliphatic rings. The minimum absolute atomic E-state index is 0.374. The molecule has 0 atom stereocenters. The van der Waals surface area contributed by atoms with Gasteiger partial charge in [-0.2, -0.15) is 4.98 Å². The van der Waals surface area contributed by atoms with Gasteiger partial charge < -0.3 is 14.4 Å². The zero-order chi connectivity index (χ0) is 15.3. The topological polar surface area (TPSA) is 51.7 Å². The highest BCUT2D eigenvalue weighted by Gasteiger charge is 2.20. The van der Waals surface area contributed by atoms with E-state index in [1.54, 1.807) is 18.2 Å². The largest absolute Gasteiger partial charge is 0.481 e. The molecule has 1 aromatic rings. The fourth-order valence-corrected chi connectivity index (χ4v) is 1.53. The van der Waals surface area contributed by atoms with Gasteiger partial charge in [-0.1, -0.05) is 6.08 Å². The lowest BCUT2D eigenvalue weighted by molar-refractivity contribution is 0.00690. The molecule has 0 amide bonds. The second-order valence-corrected chi connectivity index (χ2v) is 5.43. The molecule has 0 aliphatic heterocycles. The minimum Gasteiger partial charge on any atom is -0.481 e. The van der Waals surface area contributed by atoms with E-state index in [0.717, 1.165) is 0 Å². The van der Waals surface area contributed by atoms with Crippen LogP contribution in [0.3, 0.4) is 0 Å². The van der Waals surface area contributed by atoms with Crippen molar-refractivity contribution in [2.24, 2.45) is 0 Å². The Morgan fingerprint density at radius 3 is 2.60 bits per heavy atom. The third-order valence-corrected chi connectivity index (χ3v) is 2.43. The zero-order valence-corrected chi connectivity index (χ0v) is 12.8. The van der Waals surface area contributed by atoms with Gasteiger partial charge in [0.25, 0.3) is 0 Å². The van der Waals surface area contributed by atoms with Crippen molar-refractivity contribution in [3.63, 3.8) is 0 Å². The maximum atomic E-state index is 12.1. The van der Waals surface area contributed by atoms with E-state index in [0.29, 0.717) is 23.8 Å². The molecular weight excluding hydrogens is 256 g/mol. The highest BCUT2D eigenvalue weighted by Crippen LogP contribution is 2.21. The third-order valence-electron chi connectivity index (χ3n) is 2.43. The smallest absolute Gasteiger partial charge is 0.338 e. The van der Waals surface area contributed by atoms with Crippen LogP contribution in [0.15, 0.2) is 24.8 Å². The molecule has 0 fully saturated rings. The molecule has 0 saturated carbocycles. The van der Waals surface area contributed by atoms with E-state index in [-0.39, 0.29) is 0 Å². The number of rotatable bonds is 5. The van der Waals surface area contributed by atoms with Gasteiger partial charge in [0.15, 0.2) is 0 Å². The van der Waals surface area contributed by atoms with Gasteiger partial charge in [-0.25, -0.2) is 4.79 Å². The van der Waals surface area contributed by atoms with Crippen LogP contribution in [0.5, 0.6) is 5.88 Å². The van der Waals surface area contributed by atoms with Crippen LogP contribution in [0, 0.1) is 0 Å². The molecule has 0 unspecified atom stereocenters. The van der Waals surface area contributed by atoms with Crippen molar-refractivity contribution in [2.75, 3.05) is 25.6 Å². The molecule has 0 bridgehead atoms. The fraction of sp³-hybridized carbons (Fsp3) is 0.467. The third kappa shape index (κ3) is 4.57. The lowest BCUT2D eigenvalue weighted by atomic mass is 10.2. The molecule has 0 N–H and O–H groups in total. The van der Waals surface area contributed by atoms with Gasteiger partial charge in [0, 0.05) is 19.7 Å². The quantitative estimate of drug-likeness (QED) is 0.612. The number of nitrogens with zero attached hydrogens (tertiary/aromatic N) is 2. The van der Waals surface area contributed by atoms with Gasteiger partial charge in [-0.15, -0.1) is 6.58 Å². The van der Waals surface area contributed by atoms with E-state index >= 15 is 0 Å². The standard InChI is InChI=1S/C15H22N2O3/c1-7-8-17(5)12-9-11(10-13(16-12)19-6)14(18)20-15(2,3)4/h7,9-10H,1,8H2,2-6H3. The first kappa shape index (κ1) is 16.0. The molecule has 1 heterocycles. The van der Waals surface area contributed by atoms with Crippen LogP contribution in [-0.4, -0.2) is 37.3 Å². The van der Waals surface area contributed by atoms with Crippen LogP contribution in [0.2, 0.25) is 0 Å². The summed E-state index contributed by atoms with van der Waals surface area (Å²) in [6.07, 6.45) is 1.76. The van der Waals surface area contributed by atoms with Crippen LogP contribution in [0.1, 0.15) is 31.1 Å². The fourth-order valence-electron chi connectivity index (χ4n) is 1.53. The number of aromatic nitrogens is 1. The van der Waals surface area contributed by atoms with Gasteiger partial charge in [-0.3, -0.25) is 0 Å². The molecule has 5 nitrogen and oxygen atoms in total. The Bertz CT molecular complexity index is 492. The lowest BCUT2D eigenvalue weighted by Crippen LogP contribution is -2.24. The number of carbonyl (C=O) groups is 1. The normalized spacial score (nSPS) is 10.8. The number of hydrogen-bond donors (Lipinski definition) is 0. The number of methoxy groups -OCH3 is 1. The first-order valence-corrected chi connectivity index (χ1v) is 6.38. The van der Waals surface area contributed by atoms with E-state index < -0.39 is 11.6 Å². The van der Waals surface area contributed by atoms with Gasteiger partial charge in [-0.05, 0) is 26.8 Å². The van der Waals surface area contributed by atoms with Crippen molar-refractivity contribution in [2.45, 2.75) is 26.4 Å². The molecule has 0 saturated heterocycles. The van der Waals surface area contributed by atoms with Crippen molar-refractivity contribution in [3.05, 3.63) is 30.4 Å². The molecule has 5 heteroatoms. The lowest BCUT2D eigenvalue weighted by Gasteiger charge is -2.21. The van der Waals surface area contributed by atoms with Crippen molar-refractivity contribution in [1.29, 1.82) is 0 Å². The monoisotopic (exact) mass is 278 g/mol. The Hall–Kier alpha value is -2.04. The number of esters is 1. The van der Waals surface area contributed by atoms with E-state index in [4.69, 9.17) is 9.47 Å². The second-order valence-electron chi connectivity index (χ2n) is 5.43. The summed E-state index contributed by atoms with van der Waals surface area (Å²) < 4.78 is 10.5. The number of ether oxygens (including phenoxy) is 2. The molecule has 1 rings (SSSR count). The Morgan fingerprint density at radius 1 is 1.45 bits per heavy atom. The van der Waals surface area contributed by atoms with Crippen LogP contribution < -0.4 is 9.64 Å². The molecular formula is C15H22N2O3. The Kier molecular flexibility index (Phi) is 5.13. The molecule has 20 heavy (non-hydrogen) atoms. The van der Waals surface area contributed by atoms with Crippen LogP contribution >= 0.6 is 0 Å². The molecule has 0 radical (unpaired) electrons. The number of pyridine rings is 1. The van der Waals surface area contributed by atoms with Gasteiger partial charge in [0.1, 0.15) is 11.4 Å². The minimum atomic E-state index is -0.541. The molecule has 0 spiro atoms. The van der Waals surface area contributed by atoms with Gasteiger partial charge in [0.05, 0.1) is 12.7 Å². The maximum Gasteiger partial charge on any atom is 0.338 e. The van der Waals surface area contributed by atoms with Crippen LogP contribution in [-0.2, 0) is 4.74 Å². The highest BCUT2D eigenvalue weighted by molar-refractivity contribution is 5.91. The van der Waals surface area contributed by atoms with E-state index in [1.165, 1.54) is 7.11 Å². The molecule has 0 aliphatic carbocycles. The molecule has 110 valence electrons. The molecule has 0 aromatic carbocycles. The Labute approximate surface area is 120 Å². The van der Waals surface area contributed by atoms with Gasteiger partial charge in [0.2, 0.25) is 5.88 Å². The predicted octanol–water partition coefficient (Wildman–Crippen LogP) is 2.67. The highest BCUT2D eigenvalue weighted by atomic mass is 16.6. The average Bonchev–Trinajstić information content (AvgIpc) is 2.36. The van der Waals surface area contributed by atoms with Crippen molar-refractivity contribution in [3.8, 4) is 5.88 Å². The summed E-state index contributed by atoms with van der Waals surface area (Å²) in [7, 11) is 3.38. The SMILES string of the molecule is C=CCN(C)c1cc(C(=O)OC(C)(C)C)cc(OC)n1. The zero-order valence-electron chi connectivity index (χ0n) is 12.8. The van der Waals surface area contributed by atoms with Gasteiger partial charge >= 0.3 is 5.97 Å². The van der Waals surface area contributed by atoms with Crippen molar-refractivity contribution >= 4 is 11.8 Å². The number of anilines is 1. The summed E-state index contributed by atoms with van der Waals surface area (Å²) in [5, 5.41) is 0. The van der Waals surface area contributed by atoms with Crippen molar-refractivity contribution < 1.29 is 14.3 Å². The van der Waals surface area contributed by atoms with E-state index in [9.17, 15) is 4.79 Å². The summed E-state index contributed by atoms with van der Waals surface area (Å²) in [5.41, 5.74) is -0.126. The van der Waals surface area contributed by atoms with Crippen LogP contribution in [0.4, 0.5) is 5.82 Å². The Morgan fingerprint density at radius 2 is 2.10 bits per heavy atom. The van der Waals surface area contributed by atoms with E-state index in [1.807, 2.05) is 32.7 Å². The average molecular weight is 278 g/mol. The molecule has 1 aromatic heterocycles. The summed E-state index contributed by atoms with van der Waals surface area (Å²) in [6.45, 7) is 9.78. The number of hydrogen-bond acceptors (Lipinski definition) is 5. The Balaban J connectivity index is 3.10. The number of carbonyl (C=O) groups excluding carboxylic acids is 1. The first-order chi connectivity index (χ1) is 9.26. The predicted molar refractivity (Wildman–Crippen MR) is 79.4 cm³/mol. The van der Waals surface area contributed by atoms with E-state index in [2.05, 4.69) is 11.6 Å². The first-order valence-electron chi connectivity index (χ1n) is 6.38. The summed E-state index contributed by atoms with van der Waals surface area (Å²) in [6, 6.07) is 3.25. The van der Waals surface area contributed by atoms with Crippen LogP contribution in [0.25, 0.3) is 0 Å². The second kappa shape index (κ2) is 6.41. The summed E-state index contributed by atoms with van der Waals surface area (Å²) in [5.74, 6) is 0.607. The number of likely N-dealkylation sites (N-methyl/N-ethyl adjacent to an activating group) is 1. The maximum absolute atomic E-state index is 12.1. The summed E-state index contributed by atoms with van der Waals surface area (Å²) in [4.78, 5) is 18.3. The summed E-state index contributed by atoms with van der Waals surface area (Å²) >= 11 is 0.